The highest BCUT2D eigenvalue weighted by molar-refractivity contribution is 7.89. The van der Waals surface area contributed by atoms with Crippen molar-refractivity contribution >= 4 is 39.2 Å². The van der Waals surface area contributed by atoms with Gasteiger partial charge in [0.15, 0.2) is 5.82 Å². The molecule has 1 aromatic carbocycles. The van der Waals surface area contributed by atoms with E-state index in [0.29, 0.717) is 16.5 Å². The largest absolute Gasteiger partial charge is 0.467 e. The summed E-state index contributed by atoms with van der Waals surface area (Å²) in [4.78, 5) is 14.8. The summed E-state index contributed by atoms with van der Waals surface area (Å²) in [6.07, 6.45) is 3.29. The van der Waals surface area contributed by atoms with E-state index in [1.54, 1.807) is 6.92 Å². The number of halogens is 2. The second kappa shape index (κ2) is 8.77. The van der Waals surface area contributed by atoms with E-state index >= 15 is 0 Å². The molecule has 1 aliphatic heterocycles. The van der Waals surface area contributed by atoms with Gasteiger partial charge in [-0.1, -0.05) is 23.2 Å². The lowest BCUT2D eigenvalue weighted by molar-refractivity contribution is 0.374. The maximum atomic E-state index is 12.7. The number of rotatable bonds is 6. The van der Waals surface area contributed by atoms with E-state index in [9.17, 15) is 8.42 Å². The van der Waals surface area contributed by atoms with Crippen LogP contribution in [0.15, 0.2) is 17.0 Å². The summed E-state index contributed by atoms with van der Waals surface area (Å²) in [5.41, 5.74) is 0.612. The molecule has 0 aliphatic carbocycles. The van der Waals surface area contributed by atoms with Crippen LogP contribution in [0.3, 0.4) is 0 Å². The Morgan fingerprint density at radius 2 is 1.82 bits per heavy atom. The van der Waals surface area contributed by atoms with Crippen molar-refractivity contribution in [1.29, 1.82) is 0 Å². The minimum atomic E-state index is -3.88. The highest BCUT2D eigenvalue weighted by atomic mass is 35.5. The molecule has 28 heavy (non-hydrogen) atoms. The van der Waals surface area contributed by atoms with Crippen molar-refractivity contribution in [2.24, 2.45) is 0 Å². The van der Waals surface area contributed by atoms with Gasteiger partial charge >= 0.3 is 6.01 Å². The average Bonchev–Trinajstić information content (AvgIpc) is 2.69. The molecule has 0 bridgehead atoms. The molecule has 0 amide bonds. The van der Waals surface area contributed by atoms with Crippen molar-refractivity contribution in [3.8, 4) is 6.01 Å². The zero-order chi connectivity index (χ0) is 20.3. The van der Waals surface area contributed by atoms with E-state index in [2.05, 4.69) is 19.7 Å². The number of sulfonamides is 1. The first kappa shape index (κ1) is 21.0. The van der Waals surface area contributed by atoms with E-state index < -0.39 is 10.0 Å². The number of benzene rings is 1. The number of nitrogens with one attached hydrogen (secondary N) is 1. The number of aryl methyl sites for hydroxylation is 1. The summed E-state index contributed by atoms with van der Waals surface area (Å²) >= 11 is 12.1. The van der Waals surface area contributed by atoms with Crippen molar-refractivity contribution in [2.75, 3.05) is 25.1 Å². The highest BCUT2D eigenvalue weighted by Gasteiger charge is 2.21. The van der Waals surface area contributed by atoms with Gasteiger partial charge in [-0.2, -0.15) is 15.0 Å². The number of hydrogen-bond donors (Lipinski definition) is 1. The number of methoxy groups -OCH3 is 1. The monoisotopic (exact) mass is 445 g/mol. The summed E-state index contributed by atoms with van der Waals surface area (Å²) in [5.74, 6) is 0.749. The van der Waals surface area contributed by atoms with Crippen LogP contribution < -0.4 is 14.4 Å². The Bertz CT molecular complexity index is 966. The Labute approximate surface area is 174 Å². The van der Waals surface area contributed by atoms with Crippen LogP contribution in [0.2, 0.25) is 10.0 Å². The predicted molar refractivity (Wildman–Crippen MR) is 108 cm³/mol. The van der Waals surface area contributed by atoms with Crippen molar-refractivity contribution < 1.29 is 13.2 Å². The van der Waals surface area contributed by atoms with Gasteiger partial charge in [0.2, 0.25) is 16.0 Å². The third kappa shape index (κ3) is 4.83. The maximum absolute atomic E-state index is 12.7. The molecule has 0 saturated carbocycles. The summed E-state index contributed by atoms with van der Waals surface area (Å²) in [7, 11) is -2.42. The molecule has 1 fully saturated rings. The third-order valence-corrected chi connectivity index (χ3v) is 6.67. The van der Waals surface area contributed by atoms with E-state index in [1.165, 1.54) is 25.7 Å². The van der Waals surface area contributed by atoms with E-state index in [-0.39, 0.29) is 28.3 Å². The molecule has 2 aromatic rings. The normalized spacial score (nSPS) is 14.9. The predicted octanol–water partition coefficient (Wildman–Crippen LogP) is 2.96. The lowest BCUT2D eigenvalue weighted by Gasteiger charge is -2.26. The molecule has 2 heterocycles. The van der Waals surface area contributed by atoms with Crippen LogP contribution in [-0.4, -0.2) is 43.6 Å². The molecule has 1 N–H and O–H groups in total. The highest BCUT2D eigenvalue weighted by Crippen LogP contribution is 2.28. The molecule has 1 aromatic heterocycles. The lowest BCUT2D eigenvalue weighted by Crippen LogP contribution is -2.32. The van der Waals surface area contributed by atoms with Crippen LogP contribution in [0.5, 0.6) is 6.01 Å². The molecule has 0 radical (unpaired) electrons. The van der Waals surface area contributed by atoms with Crippen molar-refractivity contribution in [3.63, 3.8) is 0 Å². The number of nitrogens with zero attached hydrogens (tertiary/aromatic N) is 4. The van der Waals surface area contributed by atoms with Crippen molar-refractivity contribution in [2.45, 2.75) is 37.6 Å². The molecule has 0 unspecified atom stereocenters. The molecule has 11 heteroatoms. The molecule has 152 valence electrons. The second-order valence-electron chi connectivity index (χ2n) is 6.44. The number of piperidine rings is 1. The number of ether oxygens (including phenoxy) is 1. The molecule has 1 saturated heterocycles. The fourth-order valence-corrected chi connectivity index (χ4v) is 4.68. The lowest BCUT2D eigenvalue weighted by atomic mass is 10.1. The van der Waals surface area contributed by atoms with E-state index in [4.69, 9.17) is 27.9 Å². The van der Waals surface area contributed by atoms with Gasteiger partial charge in [0.1, 0.15) is 4.90 Å². The molecular formula is C17H21Cl2N5O3S. The molecule has 1 aliphatic rings. The summed E-state index contributed by atoms with van der Waals surface area (Å²) in [6, 6.07) is 2.98. The Balaban J connectivity index is 1.82. The average molecular weight is 446 g/mol. The minimum absolute atomic E-state index is 0.0466. The Morgan fingerprint density at radius 3 is 2.50 bits per heavy atom. The smallest absolute Gasteiger partial charge is 0.321 e. The van der Waals surface area contributed by atoms with Crippen LogP contribution in [0.1, 0.15) is 30.7 Å². The SMILES string of the molecule is COc1nc(CNS(=O)(=O)c2cc(C)c(Cl)cc2Cl)nc(N2CCCCC2)n1. The third-order valence-electron chi connectivity index (χ3n) is 4.39. The topological polar surface area (TPSA) is 97.3 Å². The molecule has 8 nitrogen and oxygen atoms in total. The zero-order valence-electron chi connectivity index (χ0n) is 15.6. The van der Waals surface area contributed by atoms with Crippen LogP contribution in [0.25, 0.3) is 0 Å². The Morgan fingerprint density at radius 1 is 1.11 bits per heavy atom. The first-order valence-electron chi connectivity index (χ1n) is 8.79. The van der Waals surface area contributed by atoms with Gasteiger partial charge in [-0.05, 0) is 43.9 Å². The number of aromatic nitrogens is 3. The molecule has 3 rings (SSSR count). The minimum Gasteiger partial charge on any atom is -0.467 e. The van der Waals surface area contributed by atoms with Crippen LogP contribution in [-0.2, 0) is 16.6 Å². The van der Waals surface area contributed by atoms with Gasteiger partial charge in [0, 0.05) is 18.1 Å². The van der Waals surface area contributed by atoms with Gasteiger partial charge in [0.25, 0.3) is 0 Å². The summed E-state index contributed by atoms with van der Waals surface area (Å²) in [6.45, 7) is 3.27. The van der Waals surface area contributed by atoms with Gasteiger partial charge in [-0.15, -0.1) is 0 Å². The quantitative estimate of drug-likeness (QED) is 0.729. The Kier molecular flexibility index (Phi) is 6.59. The first-order valence-corrected chi connectivity index (χ1v) is 11.0. The summed E-state index contributed by atoms with van der Waals surface area (Å²) in [5, 5.41) is 0.447. The van der Waals surface area contributed by atoms with Gasteiger partial charge in [-0.3, -0.25) is 0 Å². The standard InChI is InChI=1S/C17H21Cl2N5O3S/c1-11-8-14(13(19)9-12(11)18)28(25,26)20-10-15-21-16(23-17(22-15)27-2)24-6-4-3-5-7-24/h8-9,20H,3-7,10H2,1-2H3. The van der Waals surface area contributed by atoms with Crippen LogP contribution in [0.4, 0.5) is 5.95 Å². The Hall–Kier alpha value is -1.68. The molecule has 0 atom stereocenters. The van der Waals surface area contributed by atoms with Gasteiger partial charge in [-0.25, -0.2) is 13.1 Å². The van der Waals surface area contributed by atoms with Crippen molar-refractivity contribution in [1.82, 2.24) is 19.7 Å². The zero-order valence-corrected chi connectivity index (χ0v) is 17.9. The molecule has 0 spiro atoms. The molecular weight excluding hydrogens is 425 g/mol. The van der Waals surface area contributed by atoms with E-state index in [0.717, 1.165) is 25.9 Å². The van der Waals surface area contributed by atoms with Crippen LogP contribution in [0, 0.1) is 6.92 Å². The first-order chi connectivity index (χ1) is 13.3. The number of anilines is 1. The van der Waals surface area contributed by atoms with Gasteiger partial charge in [0.05, 0.1) is 18.7 Å². The second-order valence-corrected chi connectivity index (χ2v) is 8.99. The fourth-order valence-electron chi connectivity index (χ4n) is 2.87. The van der Waals surface area contributed by atoms with Crippen LogP contribution >= 0.6 is 23.2 Å². The number of hydrogen-bond acceptors (Lipinski definition) is 7. The van der Waals surface area contributed by atoms with Gasteiger partial charge < -0.3 is 9.64 Å². The fraction of sp³-hybridized carbons (Fsp3) is 0.471. The maximum Gasteiger partial charge on any atom is 0.321 e. The summed E-state index contributed by atoms with van der Waals surface area (Å²) < 4.78 is 33.0. The van der Waals surface area contributed by atoms with E-state index in [1.807, 2.05) is 4.90 Å². The van der Waals surface area contributed by atoms with Crippen molar-refractivity contribution in [3.05, 3.63) is 33.6 Å².